The van der Waals surface area contributed by atoms with Crippen LogP contribution in [0.1, 0.15) is 57.6 Å². The maximum atomic E-state index is 12.7. The molecule has 1 aromatic carbocycles. The molecule has 1 saturated carbocycles. The molecule has 1 fully saturated rings. The average molecular weight is 344 g/mol. The van der Waals surface area contributed by atoms with E-state index in [9.17, 15) is 9.59 Å². The largest absolute Gasteiger partial charge is 0.481 e. The van der Waals surface area contributed by atoms with Gasteiger partial charge in [-0.25, -0.2) is 4.79 Å². The lowest BCUT2D eigenvalue weighted by Gasteiger charge is -2.29. The SMILES string of the molecule is CC(C)(C)c1ccc2c(c1)CCN2C(=O)NC1CCC(C(=O)O)CC1. The maximum absolute atomic E-state index is 12.7. The minimum atomic E-state index is -0.715. The molecule has 0 aromatic heterocycles. The third kappa shape index (κ3) is 3.80. The van der Waals surface area contributed by atoms with E-state index in [-0.39, 0.29) is 23.4 Å². The molecule has 136 valence electrons. The summed E-state index contributed by atoms with van der Waals surface area (Å²) in [6, 6.07) is 6.43. The predicted octanol–water partition coefficient (Wildman–Crippen LogP) is 3.70. The van der Waals surface area contributed by atoms with E-state index in [2.05, 4.69) is 44.3 Å². The minimum absolute atomic E-state index is 0.0546. The molecule has 0 spiro atoms. The van der Waals surface area contributed by atoms with Gasteiger partial charge in [-0.15, -0.1) is 0 Å². The summed E-state index contributed by atoms with van der Waals surface area (Å²) in [7, 11) is 0. The van der Waals surface area contributed by atoms with Crippen LogP contribution in [0.3, 0.4) is 0 Å². The number of benzene rings is 1. The summed E-state index contributed by atoms with van der Waals surface area (Å²) in [6.45, 7) is 7.30. The zero-order valence-electron chi connectivity index (χ0n) is 15.3. The molecule has 0 bridgehead atoms. The van der Waals surface area contributed by atoms with Crippen molar-refractivity contribution in [3.05, 3.63) is 29.3 Å². The Hall–Kier alpha value is -2.04. The molecule has 0 unspecified atom stereocenters. The number of nitrogens with zero attached hydrogens (tertiary/aromatic N) is 1. The monoisotopic (exact) mass is 344 g/mol. The fourth-order valence-electron chi connectivity index (χ4n) is 3.82. The second kappa shape index (κ2) is 6.70. The molecule has 1 aromatic rings. The van der Waals surface area contributed by atoms with Gasteiger partial charge in [0.15, 0.2) is 0 Å². The van der Waals surface area contributed by atoms with Crippen LogP contribution in [0.5, 0.6) is 0 Å². The first-order valence-corrected chi connectivity index (χ1v) is 9.20. The number of carbonyl (C=O) groups is 2. The van der Waals surface area contributed by atoms with Gasteiger partial charge >= 0.3 is 12.0 Å². The summed E-state index contributed by atoms with van der Waals surface area (Å²) in [4.78, 5) is 25.5. The first-order chi connectivity index (χ1) is 11.8. The number of carbonyl (C=O) groups excluding carboxylic acids is 1. The molecule has 1 aliphatic carbocycles. The number of carboxylic acid groups (broad SMARTS) is 1. The van der Waals surface area contributed by atoms with E-state index in [0.29, 0.717) is 19.4 Å². The molecule has 1 aliphatic heterocycles. The van der Waals surface area contributed by atoms with Crippen molar-refractivity contribution >= 4 is 17.7 Å². The highest BCUT2D eigenvalue weighted by Gasteiger charge is 2.30. The molecule has 2 amide bonds. The molecular formula is C20H28N2O3. The van der Waals surface area contributed by atoms with Gasteiger partial charge in [-0.3, -0.25) is 9.69 Å². The maximum Gasteiger partial charge on any atom is 0.322 e. The Labute approximate surface area is 149 Å². The molecule has 5 nitrogen and oxygen atoms in total. The predicted molar refractivity (Wildman–Crippen MR) is 98.1 cm³/mol. The molecular weight excluding hydrogens is 316 g/mol. The number of fused-ring (bicyclic) bond motifs is 1. The number of urea groups is 1. The molecule has 5 heteroatoms. The molecule has 25 heavy (non-hydrogen) atoms. The second-order valence-corrected chi connectivity index (χ2v) is 8.33. The number of hydrogen-bond acceptors (Lipinski definition) is 2. The first-order valence-electron chi connectivity index (χ1n) is 9.20. The van der Waals surface area contributed by atoms with Gasteiger partial charge in [0.2, 0.25) is 0 Å². The van der Waals surface area contributed by atoms with E-state index in [0.717, 1.165) is 24.9 Å². The van der Waals surface area contributed by atoms with Crippen molar-refractivity contribution in [2.45, 2.75) is 64.3 Å². The van der Waals surface area contributed by atoms with Gasteiger partial charge in [0.05, 0.1) is 5.92 Å². The number of rotatable bonds is 2. The van der Waals surface area contributed by atoms with Crippen LogP contribution in [-0.4, -0.2) is 29.7 Å². The van der Waals surface area contributed by atoms with Crippen LogP contribution in [0.2, 0.25) is 0 Å². The molecule has 3 rings (SSSR count). The number of nitrogens with one attached hydrogen (secondary N) is 1. The topological polar surface area (TPSA) is 69.6 Å². The highest BCUT2D eigenvalue weighted by Crippen LogP contribution is 2.33. The molecule has 0 radical (unpaired) electrons. The lowest BCUT2D eigenvalue weighted by molar-refractivity contribution is -0.142. The summed E-state index contributed by atoms with van der Waals surface area (Å²) >= 11 is 0. The fraction of sp³-hybridized carbons (Fsp3) is 0.600. The second-order valence-electron chi connectivity index (χ2n) is 8.33. The molecule has 2 N–H and O–H groups in total. The lowest BCUT2D eigenvalue weighted by Crippen LogP contribution is -2.46. The summed E-state index contributed by atoms with van der Waals surface area (Å²) in [5.41, 5.74) is 3.63. The van der Waals surface area contributed by atoms with Gasteiger partial charge < -0.3 is 10.4 Å². The normalized spacial score (nSPS) is 23.2. The third-order valence-corrected chi connectivity index (χ3v) is 5.49. The van der Waals surface area contributed by atoms with Gasteiger partial charge in [-0.1, -0.05) is 32.9 Å². The highest BCUT2D eigenvalue weighted by atomic mass is 16.4. The van der Waals surface area contributed by atoms with Crippen molar-refractivity contribution in [2.75, 3.05) is 11.4 Å². The van der Waals surface area contributed by atoms with Gasteiger partial charge in [-0.05, 0) is 54.7 Å². The van der Waals surface area contributed by atoms with Crippen LogP contribution in [0.25, 0.3) is 0 Å². The Morgan fingerprint density at radius 3 is 2.44 bits per heavy atom. The molecule has 0 saturated heterocycles. The highest BCUT2D eigenvalue weighted by molar-refractivity contribution is 5.94. The Balaban J connectivity index is 1.63. The molecule has 1 heterocycles. The fourth-order valence-corrected chi connectivity index (χ4v) is 3.82. The summed E-state index contributed by atoms with van der Waals surface area (Å²) < 4.78 is 0. The molecule has 2 aliphatic rings. The summed E-state index contributed by atoms with van der Waals surface area (Å²) in [5.74, 6) is -0.968. The van der Waals surface area contributed by atoms with E-state index < -0.39 is 5.97 Å². The van der Waals surface area contributed by atoms with E-state index >= 15 is 0 Å². The summed E-state index contributed by atoms with van der Waals surface area (Å²) in [6.07, 6.45) is 3.66. The zero-order valence-corrected chi connectivity index (χ0v) is 15.3. The quantitative estimate of drug-likeness (QED) is 0.859. The smallest absolute Gasteiger partial charge is 0.322 e. The Bertz CT molecular complexity index is 670. The van der Waals surface area contributed by atoms with Crippen molar-refractivity contribution < 1.29 is 14.7 Å². The number of amides is 2. The van der Waals surface area contributed by atoms with Crippen LogP contribution < -0.4 is 10.2 Å². The van der Waals surface area contributed by atoms with E-state index in [1.165, 1.54) is 11.1 Å². The third-order valence-electron chi connectivity index (χ3n) is 5.49. The van der Waals surface area contributed by atoms with E-state index in [1.807, 2.05) is 4.90 Å². The van der Waals surface area contributed by atoms with Gasteiger partial charge in [0.1, 0.15) is 0 Å². The molecule has 0 atom stereocenters. The van der Waals surface area contributed by atoms with Crippen LogP contribution in [0.4, 0.5) is 10.5 Å². The van der Waals surface area contributed by atoms with Crippen LogP contribution >= 0.6 is 0 Å². The van der Waals surface area contributed by atoms with Crippen molar-refractivity contribution in [1.29, 1.82) is 0 Å². The van der Waals surface area contributed by atoms with Crippen LogP contribution in [-0.2, 0) is 16.6 Å². The Morgan fingerprint density at radius 2 is 1.84 bits per heavy atom. The number of aliphatic carboxylic acids is 1. The van der Waals surface area contributed by atoms with Crippen molar-refractivity contribution in [3.63, 3.8) is 0 Å². The minimum Gasteiger partial charge on any atom is -0.481 e. The van der Waals surface area contributed by atoms with Crippen LogP contribution in [0, 0.1) is 5.92 Å². The summed E-state index contributed by atoms with van der Waals surface area (Å²) in [5, 5.41) is 12.2. The van der Waals surface area contributed by atoms with Gasteiger partial charge in [-0.2, -0.15) is 0 Å². The van der Waals surface area contributed by atoms with Crippen molar-refractivity contribution in [3.8, 4) is 0 Å². The Morgan fingerprint density at radius 1 is 1.16 bits per heavy atom. The van der Waals surface area contributed by atoms with Crippen molar-refractivity contribution in [2.24, 2.45) is 5.92 Å². The Kier molecular flexibility index (Phi) is 4.76. The van der Waals surface area contributed by atoms with E-state index in [1.54, 1.807) is 0 Å². The first kappa shape index (κ1) is 17.8. The van der Waals surface area contributed by atoms with Crippen molar-refractivity contribution in [1.82, 2.24) is 5.32 Å². The van der Waals surface area contributed by atoms with Crippen LogP contribution in [0.15, 0.2) is 18.2 Å². The zero-order chi connectivity index (χ0) is 18.2. The lowest BCUT2D eigenvalue weighted by atomic mass is 9.86. The van der Waals surface area contributed by atoms with Gasteiger partial charge in [0.25, 0.3) is 0 Å². The van der Waals surface area contributed by atoms with Gasteiger partial charge in [0, 0.05) is 18.3 Å². The number of anilines is 1. The standard InChI is InChI=1S/C20H28N2O3/c1-20(2,3)15-6-9-17-14(12-15)10-11-22(17)19(25)21-16-7-4-13(5-8-16)18(23)24/h6,9,12-13,16H,4-5,7-8,10-11H2,1-3H3,(H,21,25)(H,23,24). The number of hydrogen-bond donors (Lipinski definition) is 2. The van der Waals surface area contributed by atoms with E-state index in [4.69, 9.17) is 5.11 Å². The number of carboxylic acids is 1. The average Bonchev–Trinajstić information content (AvgIpc) is 2.97.